The van der Waals surface area contributed by atoms with E-state index in [-0.39, 0.29) is 29.3 Å². The molecule has 2 heterocycles. The van der Waals surface area contributed by atoms with Gasteiger partial charge in [-0.15, -0.1) is 0 Å². The van der Waals surface area contributed by atoms with E-state index < -0.39 is 0 Å². The number of hydrogen-bond donors (Lipinski definition) is 0. The first kappa shape index (κ1) is 27.1. The van der Waals surface area contributed by atoms with E-state index in [1.165, 1.54) is 16.7 Å². The minimum atomic E-state index is -0.173. The maximum Gasteiger partial charge on any atom is 0.246 e. The first-order valence-electron chi connectivity index (χ1n) is 14.9. The fourth-order valence-electron chi connectivity index (χ4n) is 8.37. The highest BCUT2D eigenvalue weighted by molar-refractivity contribution is 5.92. The molecule has 1 saturated heterocycles. The Morgan fingerprint density at radius 2 is 2.05 bits per heavy atom. The van der Waals surface area contributed by atoms with Gasteiger partial charge in [0.1, 0.15) is 11.9 Å². The lowest BCUT2D eigenvalue weighted by Gasteiger charge is -2.60. The first-order chi connectivity index (χ1) is 19.2. The van der Waals surface area contributed by atoms with Gasteiger partial charge in [-0.1, -0.05) is 49.7 Å². The van der Waals surface area contributed by atoms with E-state index in [4.69, 9.17) is 9.47 Å². The van der Waals surface area contributed by atoms with Gasteiger partial charge in [-0.25, -0.2) is 0 Å². The molecule has 2 aromatic rings. The Balaban J connectivity index is 1.40. The summed E-state index contributed by atoms with van der Waals surface area (Å²) in [5, 5.41) is 0. The highest BCUT2D eigenvalue weighted by Gasteiger charge is 2.66. The van der Waals surface area contributed by atoms with Crippen LogP contribution in [0.15, 0.2) is 42.5 Å². The second kappa shape index (κ2) is 10.4. The van der Waals surface area contributed by atoms with Gasteiger partial charge in [-0.3, -0.25) is 14.5 Å². The molecule has 1 spiro atoms. The molecule has 0 N–H and O–H groups in total. The lowest BCUT2D eigenvalue weighted by molar-refractivity contribution is -0.139. The topological polar surface area (TPSA) is 59.1 Å². The van der Waals surface area contributed by atoms with Crippen LogP contribution < -0.4 is 9.47 Å². The van der Waals surface area contributed by atoms with Crippen molar-refractivity contribution in [2.24, 2.45) is 11.8 Å². The summed E-state index contributed by atoms with van der Waals surface area (Å²) in [4.78, 5) is 30.7. The normalized spacial score (nSPS) is 28.4. The van der Waals surface area contributed by atoms with Crippen LogP contribution in [0.5, 0.6) is 11.5 Å². The van der Waals surface area contributed by atoms with Gasteiger partial charge >= 0.3 is 0 Å². The van der Waals surface area contributed by atoms with E-state index in [0.29, 0.717) is 31.0 Å². The summed E-state index contributed by atoms with van der Waals surface area (Å²) in [5.74, 6) is 2.65. The highest BCUT2D eigenvalue weighted by Crippen LogP contribution is 2.64. The van der Waals surface area contributed by atoms with Crippen LogP contribution in [0.25, 0.3) is 6.08 Å². The molecule has 2 aliphatic heterocycles. The molecule has 6 rings (SSSR count). The Labute approximate surface area is 238 Å². The third-order valence-corrected chi connectivity index (χ3v) is 9.74. The molecule has 0 unspecified atom stereocenters. The molecule has 1 amide bonds. The van der Waals surface area contributed by atoms with Crippen LogP contribution >= 0.6 is 0 Å². The number of likely N-dealkylation sites (tertiary alicyclic amines) is 1. The van der Waals surface area contributed by atoms with E-state index in [1.807, 2.05) is 24.3 Å². The number of ketones is 1. The summed E-state index contributed by atoms with van der Waals surface area (Å²) in [6, 6.07) is 12.7. The van der Waals surface area contributed by atoms with Gasteiger partial charge in [0.2, 0.25) is 5.91 Å². The van der Waals surface area contributed by atoms with E-state index in [2.05, 4.69) is 48.8 Å². The largest absolute Gasteiger partial charge is 0.493 e. The summed E-state index contributed by atoms with van der Waals surface area (Å²) in [6.07, 6.45) is 7.32. The average molecular weight is 543 g/mol. The number of hydrogen-bond acceptors (Lipinski definition) is 5. The fourth-order valence-corrected chi connectivity index (χ4v) is 8.37. The molecule has 2 fully saturated rings. The highest BCUT2D eigenvalue weighted by atomic mass is 16.5. The molecule has 4 aliphatic rings. The molecule has 5 atom stereocenters. The van der Waals surface area contributed by atoms with Crippen molar-refractivity contribution >= 4 is 17.8 Å². The van der Waals surface area contributed by atoms with Crippen LogP contribution in [-0.2, 0) is 21.4 Å². The standard InChI is InChI=1S/C34H42N2O4/c1-21(2)19-36(30(38)14-9-24-8-6-7-22(3)17-24)27-12-11-26-28-18-25-10-13-29(39-5)32-31(25)34(26,33(27)40-32)15-16-35(28)20-23(4)37/h6-10,13-14,17,21,26-28,33H,11-12,15-16,18-20H2,1-5H3/t26-,27+,28+,33-,34-/m0/s1. The maximum absolute atomic E-state index is 13.9. The third kappa shape index (κ3) is 4.36. The minimum absolute atomic E-state index is 0.0311. The van der Waals surface area contributed by atoms with E-state index in [9.17, 15) is 9.59 Å². The second-order valence-corrected chi connectivity index (χ2v) is 12.8. The van der Waals surface area contributed by atoms with Gasteiger partial charge in [-0.2, -0.15) is 0 Å². The molecular formula is C34H42N2O4. The summed E-state index contributed by atoms with van der Waals surface area (Å²) in [7, 11) is 1.71. The Morgan fingerprint density at radius 1 is 1.23 bits per heavy atom. The van der Waals surface area contributed by atoms with Crippen molar-refractivity contribution < 1.29 is 19.1 Å². The smallest absolute Gasteiger partial charge is 0.246 e. The molecule has 6 heteroatoms. The summed E-state index contributed by atoms with van der Waals surface area (Å²) >= 11 is 0. The van der Waals surface area contributed by atoms with Crippen LogP contribution in [0.3, 0.4) is 0 Å². The monoisotopic (exact) mass is 542 g/mol. The van der Waals surface area contributed by atoms with Crippen molar-refractivity contribution in [1.29, 1.82) is 0 Å². The van der Waals surface area contributed by atoms with Crippen molar-refractivity contribution in [3.05, 3.63) is 64.7 Å². The Hall–Kier alpha value is -3.12. The third-order valence-electron chi connectivity index (χ3n) is 9.74. The van der Waals surface area contributed by atoms with Crippen LogP contribution in [0.2, 0.25) is 0 Å². The summed E-state index contributed by atoms with van der Waals surface area (Å²) in [5.41, 5.74) is 4.67. The van der Waals surface area contributed by atoms with E-state index in [0.717, 1.165) is 49.3 Å². The number of methoxy groups -OCH3 is 1. The zero-order chi connectivity index (χ0) is 28.2. The number of carbonyl (C=O) groups excluding carboxylic acids is 2. The lowest BCUT2D eigenvalue weighted by atomic mass is 9.51. The van der Waals surface area contributed by atoms with Crippen molar-refractivity contribution in [3.8, 4) is 11.5 Å². The molecule has 0 radical (unpaired) electrons. The predicted octanol–water partition coefficient (Wildman–Crippen LogP) is 5.20. The zero-order valence-electron chi connectivity index (χ0n) is 24.5. The minimum Gasteiger partial charge on any atom is -0.493 e. The van der Waals surface area contributed by atoms with Crippen molar-refractivity contribution in [2.75, 3.05) is 26.7 Å². The van der Waals surface area contributed by atoms with Gasteiger partial charge in [0.05, 0.1) is 19.7 Å². The number of nitrogens with zero attached hydrogens (tertiary/aromatic N) is 2. The van der Waals surface area contributed by atoms with Gasteiger partial charge in [-0.05, 0) is 81.2 Å². The van der Waals surface area contributed by atoms with Crippen LogP contribution in [0.4, 0.5) is 0 Å². The number of ether oxygens (including phenoxy) is 2. The molecule has 212 valence electrons. The summed E-state index contributed by atoms with van der Waals surface area (Å²) in [6.45, 7) is 10.2. The summed E-state index contributed by atoms with van der Waals surface area (Å²) < 4.78 is 12.8. The van der Waals surface area contributed by atoms with Gasteiger partial charge in [0.25, 0.3) is 0 Å². The number of benzene rings is 2. The lowest BCUT2D eigenvalue weighted by Crippen LogP contribution is -2.69. The SMILES string of the molecule is COc1ccc2c3c1O[C@H]1[C@H](N(CC(C)C)C(=O)C=Cc4cccc(C)c4)CC[C@H]4[C@@H](C2)N(CC(C)=O)CC[C@@]341. The number of amides is 1. The Kier molecular flexibility index (Phi) is 7.02. The number of aryl methyl sites for hydroxylation is 1. The van der Waals surface area contributed by atoms with Crippen LogP contribution in [0.1, 0.15) is 62.3 Å². The second-order valence-electron chi connectivity index (χ2n) is 12.8. The molecule has 1 saturated carbocycles. The molecule has 6 nitrogen and oxygen atoms in total. The van der Waals surface area contributed by atoms with Crippen molar-refractivity contribution in [3.63, 3.8) is 0 Å². The Bertz CT molecular complexity index is 1350. The Morgan fingerprint density at radius 3 is 2.77 bits per heavy atom. The van der Waals surface area contributed by atoms with Crippen LogP contribution in [0, 0.1) is 18.8 Å². The van der Waals surface area contributed by atoms with Crippen molar-refractivity contribution in [2.45, 2.75) is 77.0 Å². The van der Waals surface area contributed by atoms with Crippen molar-refractivity contribution in [1.82, 2.24) is 9.80 Å². The van der Waals surface area contributed by atoms with E-state index in [1.54, 1.807) is 20.1 Å². The number of rotatable bonds is 8. The molecular weight excluding hydrogens is 500 g/mol. The average Bonchev–Trinajstić information content (AvgIpc) is 3.26. The van der Waals surface area contributed by atoms with E-state index >= 15 is 0 Å². The zero-order valence-corrected chi connectivity index (χ0v) is 24.5. The number of piperidine rings is 1. The molecule has 0 aromatic heterocycles. The number of Topliss-reactive ketones (excluding diaryl/α,β-unsaturated/α-hetero) is 1. The van der Waals surface area contributed by atoms with Gasteiger partial charge in [0, 0.05) is 29.6 Å². The molecule has 2 bridgehead atoms. The molecule has 2 aromatic carbocycles. The molecule has 2 aliphatic carbocycles. The number of carbonyl (C=O) groups is 2. The van der Waals surface area contributed by atoms with Gasteiger partial charge in [0.15, 0.2) is 11.5 Å². The quantitative estimate of drug-likeness (QED) is 0.430. The first-order valence-corrected chi connectivity index (χ1v) is 14.9. The molecule has 40 heavy (non-hydrogen) atoms. The fraction of sp³-hybridized carbons (Fsp3) is 0.529. The predicted molar refractivity (Wildman–Crippen MR) is 157 cm³/mol. The maximum atomic E-state index is 13.9. The van der Waals surface area contributed by atoms with Gasteiger partial charge < -0.3 is 14.4 Å². The van der Waals surface area contributed by atoms with Crippen LogP contribution in [-0.4, -0.2) is 66.4 Å².